The molecule has 0 aromatic heterocycles. The van der Waals surface area contributed by atoms with E-state index >= 15 is 0 Å². The van der Waals surface area contributed by atoms with Crippen LogP contribution in [0.5, 0.6) is 0 Å². The van der Waals surface area contributed by atoms with E-state index in [0.29, 0.717) is 44.7 Å². The lowest BCUT2D eigenvalue weighted by atomic mass is 10.1. The molecular weight excluding hydrogens is 458 g/mol. The third-order valence-electron chi connectivity index (χ3n) is 5.37. The van der Waals surface area contributed by atoms with E-state index in [9.17, 15) is 13.8 Å². The summed E-state index contributed by atoms with van der Waals surface area (Å²) in [6.45, 7) is 1.45. The van der Waals surface area contributed by atoms with Gasteiger partial charge in [0.25, 0.3) is 11.8 Å². The molecule has 8 heteroatoms. The molecule has 33 heavy (non-hydrogen) atoms. The van der Waals surface area contributed by atoms with E-state index in [2.05, 4.69) is 5.32 Å². The van der Waals surface area contributed by atoms with E-state index in [0.717, 1.165) is 5.56 Å². The van der Waals surface area contributed by atoms with Gasteiger partial charge in [0.1, 0.15) is 0 Å². The molecule has 0 unspecified atom stereocenters. The summed E-state index contributed by atoms with van der Waals surface area (Å²) in [6.07, 6.45) is 0. The number of amides is 2. The van der Waals surface area contributed by atoms with Crippen LogP contribution in [0.2, 0.25) is 5.02 Å². The first kappa shape index (κ1) is 23.2. The van der Waals surface area contributed by atoms with Gasteiger partial charge in [-0.15, -0.1) is 0 Å². The van der Waals surface area contributed by atoms with Gasteiger partial charge in [0, 0.05) is 23.7 Å². The van der Waals surface area contributed by atoms with Crippen molar-refractivity contribution in [3.63, 3.8) is 0 Å². The maximum absolute atomic E-state index is 13.6. The van der Waals surface area contributed by atoms with Crippen LogP contribution >= 0.6 is 11.6 Å². The average Bonchev–Trinajstić information content (AvgIpc) is 2.89. The second-order valence-electron chi connectivity index (χ2n) is 8.02. The van der Waals surface area contributed by atoms with E-state index < -0.39 is 10.8 Å². The van der Waals surface area contributed by atoms with Crippen LogP contribution in [0, 0.1) is 0 Å². The molecule has 170 valence electrons. The molecule has 1 heterocycles. The first-order valence-corrected chi connectivity index (χ1v) is 12.0. The number of fused-ring (bicyclic) bond motifs is 2. The summed E-state index contributed by atoms with van der Waals surface area (Å²) in [4.78, 5) is 30.9. The van der Waals surface area contributed by atoms with Crippen molar-refractivity contribution in [2.45, 2.75) is 16.3 Å². The molecule has 0 saturated carbocycles. The third-order valence-corrected chi connectivity index (χ3v) is 7.12. The van der Waals surface area contributed by atoms with Gasteiger partial charge in [0.15, 0.2) is 0 Å². The predicted molar refractivity (Wildman–Crippen MR) is 130 cm³/mol. The molecule has 3 aromatic carbocycles. The molecule has 0 aliphatic carbocycles. The average molecular weight is 482 g/mol. The fourth-order valence-electron chi connectivity index (χ4n) is 3.63. The maximum atomic E-state index is 13.6. The van der Waals surface area contributed by atoms with E-state index in [1.807, 2.05) is 31.1 Å². The number of nitrogens with one attached hydrogen (secondary N) is 1. The van der Waals surface area contributed by atoms with Crippen molar-refractivity contribution in [2.75, 3.05) is 32.1 Å². The molecule has 2 amide bonds. The molecule has 0 radical (unpaired) electrons. The van der Waals surface area contributed by atoms with Gasteiger partial charge in [0.05, 0.1) is 38.4 Å². The molecule has 3 aromatic rings. The van der Waals surface area contributed by atoms with E-state index in [4.69, 9.17) is 11.6 Å². The van der Waals surface area contributed by atoms with Crippen LogP contribution in [0.4, 0.5) is 5.69 Å². The quantitative estimate of drug-likeness (QED) is 0.578. The van der Waals surface area contributed by atoms with Crippen molar-refractivity contribution in [1.29, 1.82) is 0 Å². The van der Waals surface area contributed by atoms with Crippen LogP contribution in [0.25, 0.3) is 0 Å². The van der Waals surface area contributed by atoms with Crippen molar-refractivity contribution in [3.05, 3.63) is 88.4 Å². The summed E-state index contributed by atoms with van der Waals surface area (Å²) in [5, 5.41) is 3.49. The molecule has 0 bridgehead atoms. The van der Waals surface area contributed by atoms with Crippen molar-refractivity contribution in [3.8, 4) is 0 Å². The van der Waals surface area contributed by atoms with E-state index in [1.54, 1.807) is 59.5 Å². The van der Waals surface area contributed by atoms with Gasteiger partial charge in [0.2, 0.25) is 0 Å². The van der Waals surface area contributed by atoms with Gasteiger partial charge in [-0.3, -0.25) is 9.59 Å². The zero-order valence-electron chi connectivity index (χ0n) is 18.4. The Morgan fingerprint density at radius 2 is 1.76 bits per heavy atom. The SMILES string of the molecule is CN(C)CCNC(=O)c1ccc2c(c1)N(Cc1ccc(Cl)cc1)C(=O)c1ccccc1[S@@]2=O. The predicted octanol–water partition coefficient (Wildman–Crippen LogP) is 3.96. The minimum absolute atomic E-state index is 0.244. The molecule has 6 nitrogen and oxygen atoms in total. The van der Waals surface area contributed by atoms with Gasteiger partial charge >= 0.3 is 0 Å². The lowest BCUT2D eigenvalue weighted by molar-refractivity contribution is 0.0947. The van der Waals surface area contributed by atoms with Crippen molar-refractivity contribution < 1.29 is 13.8 Å². The molecule has 1 aliphatic rings. The monoisotopic (exact) mass is 481 g/mol. The number of benzene rings is 3. The number of anilines is 1. The van der Waals surface area contributed by atoms with E-state index in [1.165, 1.54) is 0 Å². The van der Waals surface area contributed by atoms with Crippen LogP contribution in [0.1, 0.15) is 26.3 Å². The lowest BCUT2D eigenvalue weighted by Crippen LogP contribution is -2.32. The van der Waals surface area contributed by atoms with Gasteiger partial charge in [-0.1, -0.05) is 35.9 Å². The number of rotatable bonds is 6. The Kier molecular flexibility index (Phi) is 6.93. The standard InChI is InChI=1S/C25H24ClN3O3S/c1-28(2)14-13-27-24(30)18-9-12-23-21(15-18)29(16-17-7-10-19(26)11-8-17)25(31)20-5-3-4-6-22(20)33(23)32/h3-12,15H,13-14,16H2,1-2H3,(H,27,30)/t33-/m0/s1. The largest absolute Gasteiger partial charge is 0.351 e. The second-order valence-corrected chi connectivity index (χ2v) is 9.88. The first-order valence-electron chi connectivity index (χ1n) is 10.5. The Labute approximate surface area is 200 Å². The molecule has 1 aliphatic heterocycles. The normalized spacial score (nSPS) is 15.1. The summed E-state index contributed by atoms with van der Waals surface area (Å²) in [6, 6.07) is 19.1. The Bertz CT molecular complexity index is 1230. The number of hydrogen-bond acceptors (Lipinski definition) is 4. The first-order chi connectivity index (χ1) is 15.8. The number of likely N-dealkylation sites (N-methyl/N-ethyl adjacent to an activating group) is 1. The van der Waals surface area contributed by atoms with Crippen molar-refractivity contribution in [2.24, 2.45) is 0 Å². The third kappa shape index (κ3) is 5.00. The fraction of sp³-hybridized carbons (Fsp3) is 0.200. The molecule has 1 N–H and O–H groups in total. The highest BCUT2D eigenvalue weighted by Crippen LogP contribution is 2.36. The number of halogens is 1. The van der Waals surface area contributed by atoms with Crippen LogP contribution in [-0.4, -0.2) is 48.1 Å². The summed E-state index contributed by atoms with van der Waals surface area (Å²) in [5.74, 6) is -0.510. The Morgan fingerprint density at radius 1 is 1.03 bits per heavy atom. The summed E-state index contributed by atoms with van der Waals surface area (Å²) in [7, 11) is 2.30. The Balaban J connectivity index is 1.77. The van der Waals surface area contributed by atoms with Gasteiger partial charge < -0.3 is 15.1 Å². The van der Waals surface area contributed by atoms with E-state index in [-0.39, 0.29) is 18.4 Å². The zero-order chi connectivity index (χ0) is 23.5. The van der Waals surface area contributed by atoms with Crippen molar-refractivity contribution in [1.82, 2.24) is 10.2 Å². The van der Waals surface area contributed by atoms with Gasteiger partial charge in [-0.2, -0.15) is 0 Å². The highest BCUT2D eigenvalue weighted by atomic mass is 35.5. The fourth-order valence-corrected chi connectivity index (χ4v) is 5.10. The Hall–Kier alpha value is -3.00. The van der Waals surface area contributed by atoms with Crippen molar-refractivity contribution >= 4 is 39.9 Å². The Morgan fingerprint density at radius 3 is 2.48 bits per heavy atom. The van der Waals surface area contributed by atoms with Crippen LogP contribution < -0.4 is 10.2 Å². The zero-order valence-corrected chi connectivity index (χ0v) is 19.9. The molecule has 0 spiro atoms. The topological polar surface area (TPSA) is 69.7 Å². The van der Waals surface area contributed by atoms with Gasteiger partial charge in [-0.05, 0) is 62.1 Å². The molecule has 4 rings (SSSR count). The van der Waals surface area contributed by atoms with Crippen LogP contribution in [0.15, 0.2) is 76.5 Å². The maximum Gasteiger partial charge on any atom is 0.259 e. The number of nitrogens with zero attached hydrogens (tertiary/aromatic N) is 2. The smallest absolute Gasteiger partial charge is 0.259 e. The minimum atomic E-state index is -1.57. The molecule has 0 saturated heterocycles. The lowest BCUT2D eigenvalue weighted by Gasteiger charge is -2.23. The van der Waals surface area contributed by atoms with Crippen LogP contribution in [0.3, 0.4) is 0 Å². The summed E-state index contributed by atoms with van der Waals surface area (Å²) >= 11 is 6.02. The number of carbonyl (C=O) groups excluding carboxylic acids is 2. The highest BCUT2D eigenvalue weighted by Gasteiger charge is 2.31. The molecule has 1 atom stereocenters. The van der Waals surface area contributed by atoms with Gasteiger partial charge in [-0.25, -0.2) is 4.21 Å². The summed E-state index contributed by atoms with van der Waals surface area (Å²) < 4.78 is 13.5. The number of hydrogen-bond donors (Lipinski definition) is 1. The molecule has 0 fully saturated rings. The minimum Gasteiger partial charge on any atom is -0.351 e. The number of carbonyl (C=O) groups is 2. The summed E-state index contributed by atoms with van der Waals surface area (Å²) in [5.41, 5.74) is 2.12. The molecular formula is C25H24ClN3O3S. The second kappa shape index (κ2) is 9.87. The van der Waals surface area contributed by atoms with Crippen LogP contribution in [-0.2, 0) is 17.3 Å². The highest BCUT2D eigenvalue weighted by molar-refractivity contribution is 7.85.